The van der Waals surface area contributed by atoms with Crippen molar-refractivity contribution in [2.75, 3.05) is 20.3 Å². The van der Waals surface area contributed by atoms with Gasteiger partial charge in [0.25, 0.3) is 5.91 Å². The molecule has 0 saturated carbocycles. The van der Waals surface area contributed by atoms with E-state index >= 15 is 0 Å². The third-order valence-corrected chi connectivity index (χ3v) is 10.2. The molecular formula is C31H29Cl3N2O7S. The van der Waals surface area contributed by atoms with Crippen LogP contribution < -0.4 is 0 Å². The summed E-state index contributed by atoms with van der Waals surface area (Å²) in [5.74, 6) is -0.459. The maximum absolute atomic E-state index is 13.8. The van der Waals surface area contributed by atoms with Crippen molar-refractivity contribution in [3.05, 3.63) is 104 Å². The average molecular weight is 680 g/mol. The Kier molecular flexibility index (Phi) is 9.89. The molecule has 3 heterocycles. The molecule has 3 aromatic rings. The van der Waals surface area contributed by atoms with Gasteiger partial charge in [-0.3, -0.25) is 4.79 Å². The second-order valence-electron chi connectivity index (χ2n) is 10.3. The minimum Gasteiger partial charge on any atom is -0.465 e. The lowest BCUT2D eigenvalue weighted by Crippen LogP contribution is -2.33. The highest BCUT2D eigenvalue weighted by molar-refractivity contribution is 7.89. The first-order valence-electron chi connectivity index (χ1n) is 13.7. The fourth-order valence-corrected chi connectivity index (χ4v) is 6.98. The van der Waals surface area contributed by atoms with Crippen molar-refractivity contribution in [2.45, 2.75) is 43.9 Å². The maximum atomic E-state index is 13.8. The summed E-state index contributed by atoms with van der Waals surface area (Å²) in [5.41, 5.74) is 1.34. The van der Waals surface area contributed by atoms with E-state index in [0.717, 1.165) is 12.8 Å². The van der Waals surface area contributed by atoms with Crippen LogP contribution in [0.1, 0.15) is 36.8 Å². The molecule has 0 unspecified atom stereocenters. The molecule has 44 heavy (non-hydrogen) atoms. The van der Waals surface area contributed by atoms with Crippen molar-refractivity contribution in [1.82, 2.24) is 9.21 Å². The summed E-state index contributed by atoms with van der Waals surface area (Å²) < 4.78 is 45.4. The molecule has 0 aliphatic carbocycles. The summed E-state index contributed by atoms with van der Waals surface area (Å²) >= 11 is 18.3. The third-order valence-electron chi connectivity index (χ3n) is 7.41. The highest BCUT2D eigenvalue weighted by atomic mass is 35.5. The number of allylic oxidation sites excluding steroid dienone is 1. The number of carbonyl (C=O) groups excluding carboxylic acids is 2. The molecule has 0 spiro atoms. The predicted octanol–water partition coefficient (Wildman–Crippen LogP) is 6.48. The third kappa shape index (κ3) is 6.91. The zero-order valence-electron chi connectivity index (χ0n) is 23.9. The van der Waals surface area contributed by atoms with Gasteiger partial charge >= 0.3 is 5.97 Å². The number of halogens is 3. The molecule has 1 fully saturated rings. The van der Waals surface area contributed by atoms with Crippen molar-refractivity contribution in [3.8, 4) is 0 Å². The van der Waals surface area contributed by atoms with Crippen LogP contribution in [0.15, 0.2) is 80.8 Å². The molecule has 5 rings (SSSR count). The topological polar surface area (TPSA) is 106 Å². The molecule has 1 amide bonds. The van der Waals surface area contributed by atoms with Gasteiger partial charge in [-0.2, -0.15) is 4.31 Å². The van der Waals surface area contributed by atoms with Crippen molar-refractivity contribution < 1.29 is 31.9 Å². The van der Waals surface area contributed by atoms with Crippen molar-refractivity contribution >= 4 is 62.8 Å². The van der Waals surface area contributed by atoms with Crippen molar-refractivity contribution in [2.24, 2.45) is 0 Å². The maximum Gasteiger partial charge on any atom is 0.340 e. The number of hydrogen-bond donors (Lipinski definition) is 0. The van der Waals surface area contributed by atoms with Gasteiger partial charge < -0.3 is 18.8 Å². The molecule has 2 aliphatic heterocycles. The second kappa shape index (κ2) is 13.5. The minimum atomic E-state index is -4.03. The summed E-state index contributed by atoms with van der Waals surface area (Å²) in [6.45, 7) is 2.46. The zero-order valence-corrected chi connectivity index (χ0v) is 27.0. The van der Waals surface area contributed by atoms with Gasteiger partial charge in [0.05, 0.1) is 52.4 Å². The van der Waals surface area contributed by atoms with E-state index in [1.165, 1.54) is 46.7 Å². The Morgan fingerprint density at radius 3 is 2.48 bits per heavy atom. The van der Waals surface area contributed by atoms with Gasteiger partial charge in [0.1, 0.15) is 11.5 Å². The standard InChI is InChI=1S/C31H29Cl3N2O7S/c1-19-29(31(38)41-2)26(30(37)36(19)18-23-4-3-13-42-23)15-22-8-9-24(43-22)17-35(16-20-5-12-27(33)28(34)14-20)44(39,40)25-10-6-21(32)7-11-25/h5-12,14-15,23H,3-4,13,16-18H2,1-2H3/b26-15+/t23-/m1/s1. The van der Waals surface area contributed by atoms with Crippen LogP contribution >= 0.6 is 34.8 Å². The van der Waals surface area contributed by atoms with Gasteiger partial charge in [0.2, 0.25) is 10.0 Å². The van der Waals surface area contributed by atoms with Gasteiger partial charge in [-0.25, -0.2) is 13.2 Å². The van der Waals surface area contributed by atoms with Gasteiger partial charge in [0, 0.05) is 23.9 Å². The summed E-state index contributed by atoms with van der Waals surface area (Å²) in [6.07, 6.45) is 3.08. The van der Waals surface area contributed by atoms with Crippen LogP contribution in [0.25, 0.3) is 6.08 Å². The normalized spacial score (nSPS) is 18.2. The average Bonchev–Trinajstić information content (AvgIpc) is 3.73. The highest BCUT2D eigenvalue weighted by Gasteiger charge is 2.39. The Morgan fingerprint density at radius 2 is 1.82 bits per heavy atom. The fraction of sp³-hybridized carbons (Fsp3) is 0.290. The lowest BCUT2D eigenvalue weighted by atomic mass is 10.1. The largest absolute Gasteiger partial charge is 0.465 e. The quantitative estimate of drug-likeness (QED) is 0.178. The Morgan fingerprint density at radius 1 is 1.07 bits per heavy atom. The van der Waals surface area contributed by atoms with E-state index in [4.69, 9.17) is 48.7 Å². The second-order valence-corrected chi connectivity index (χ2v) is 13.5. The molecule has 0 radical (unpaired) electrons. The van der Waals surface area contributed by atoms with Crippen LogP contribution in [0.2, 0.25) is 15.1 Å². The lowest BCUT2D eigenvalue weighted by molar-refractivity contribution is -0.136. The molecule has 13 heteroatoms. The predicted molar refractivity (Wildman–Crippen MR) is 166 cm³/mol. The van der Waals surface area contributed by atoms with Crippen LogP contribution in [0.3, 0.4) is 0 Å². The molecule has 1 atom stereocenters. The zero-order chi connectivity index (χ0) is 31.6. The number of ether oxygens (including phenoxy) is 2. The van der Waals surface area contributed by atoms with Gasteiger partial charge in [-0.15, -0.1) is 0 Å². The summed E-state index contributed by atoms with van der Waals surface area (Å²) in [7, 11) is -2.77. The van der Waals surface area contributed by atoms with E-state index in [0.29, 0.717) is 45.2 Å². The highest BCUT2D eigenvalue weighted by Crippen LogP contribution is 2.34. The first-order valence-corrected chi connectivity index (χ1v) is 16.3. The number of benzene rings is 2. The van der Waals surface area contributed by atoms with Crippen molar-refractivity contribution in [3.63, 3.8) is 0 Å². The summed E-state index contributed by atoms with van der Waals surface area (Å²) in [5, 5.41) is 1.03. The number of methoxy groups -OCH3 is 1. The number of nitrogens with zero attached hydrogens (tertiary/aromatic N) is 2. The number of hydrogen-bond acceptors (Lipinski definition) is 7. The first-order chi connectivity index (χ1) is 21.0. The first kappa shape index (κ1) is 32.3. The molecule has 2 aromatic carbocycles. The number of sulfonamides is 1. The molecule has 232 valence electrons. The Hall–Kier alpha value is -3.12. The molecule has 9 nitrogen and oxygen atoms in total. The van der Waals surface area contributed by atoms with E-state index in [9.17, 15) is 18.0 Å². The SMILES string of the molecule is COC(=O)C1=C(C)N(C[C@H]2CCCO2)C(=O)/C1=C/c1ccc(CN(Cc2ccc(Cl)c(Cl)c2)S(=O)(=O)c2ccc(Cl)cc2)o1. The Labute approximate surface area is 270 Å². The van der Waals surface area contributed by atoms with Crippen LogP contribution in [-0.4, -0.2) is 55.9 Å². The Bertz CT molecular complexity index is 1740. The van der Waals surface area contributed by atoms with Crippen LogP contribution in [0.5, 0.6) is 0 Å². The molecule has 0 N–H and O–H groups in total. The molecule has 1 aromatic heterocycles. The summed E-state index contributed by atoms with van der Waals surface area (Å²) in [6, 6.07) is 14.0. The van der Waals surface area contributed by atoms with Gasteiger partial charge in [-0.1, -0.05) is 40.9 Å². The smallest absolute Gasteiger partial charge is 0.340 e. The van der Waals surface area contributed by atoms with Gasteiger partial charge in [0.15, 0.2) is 0 Å². The van der Waals surface area contributed by atoms with E-state index in [-0.39, 0.29) is 46.9 Å². The number of esters is 1. The Balaban J connectivity index is 1.45. The fourth-order valence-electron chi connectivity index (χ4n) is 5.14. The number of furan rings is 1. The molecular weight excluding hydrogens is 651 g/mol. The number of amides is 1. The molecule has 0 bridgehead atoms. The number of rotatable bonds is 10. The lowest BCUT2D eigenvalue weighted by Gasteiger charge is -2.22. The van der Waals surface area contributed by atoms with E-state index in [2.05, 4.69) is 0 Å². The molecule has 1 saturated heterocycles. The van der Waals surface area contributed by atoms with E-state index in [1.807, 2.05) is 0 Å². The number of carbonyl (C=O) groups is 2. The van der Waals surface area contributed by atoms with E-state index < -0.39 is 16.0 Å². The van der Waals surface area contributed by atoms with Crippen LogP contribution in [0, 0.1) is 0 Å². The van der Waals surface area contributed by atoms with Gasteiger partial charge in [-0.05, 0) is 79.9 Å². The van der Waals surface area contributed by atoms with Crippen molar-refractivity contribution in [1.29, 1.82) is 0 Å². The summed E-state index contributed by atoms with van der Waals surface area (Å²) in [4.78, 5) is 27.8. The van der Waals surface area contributed by atoms with Crippen LogP contribution in [-0.2, 0) is 42.2 Å². The monoisotopic (exact) mass is 678 g/mol. The molecule has 2 aliphatic rings. The van der Waals surface area contributed by atoms with E-state index in [1.54, 1.807) is 37.3 Å². The minimum absolute atomic E-state index is 0.0376. The van der Waals surface area contributed by atoms with Crippen LogP contribution in [0.4, 0.5) is 0 Å².